The van der Waals surface area contributed by atoms with E-state index in [0.29, 0.717) is 11.3 Å². The van der Waals surface area contributed by atoms with E-state index < -0.39 is 0 Å². The van der Waals surface area contributed by atoms with Crippen LogP contribution in [0.25, 0.3) is 0 Å². The van der Waals surface area contributed by atoms with Crippen molar-refractivity contribution in [2.24, 2.45) is 34.5 Å². The lowest BCUT2D eigenvalue weighted by Gasteiger charge is -2.58. The summed E-state index contributed by atoms with van der Waals surface area (Å²) in [5, 5.41) is 14.6. The van der Waals surface area contributed by atoms with Crippen LogP contribution in [-0.4, -0.2) is 24.3 Å². The molecule has 150 valence electrons. The van der Waals surface area contributed by atoms with Gasteiger partial charge in [-0.15, -0.1) is 0 Å². The molecule has 5 aliphatic rings. The summed E-state index contributed by atoms with van der Waals surface area (Å²) >= 11 is 0. The molecule has 3 fully saturated rings. The van der Waals surface area contributed by atoms with Crippen molar-refractivity contribution in [1.29, 1.82) is 0 Å². The predicted molar refractivity (Wildman–Crippen MR) is 111 cm³/mol. The highest BCUT2D eigenvalue weighted by molar-refractivity contribution is 5.31. The average Bonchev–Trinajstić information content (AvgIpc) is 3.00. The fourth-order valence-corrected chi connectivity index (χ4v) is 8.10. The molecule has 0 spiro atoms. The Kier molecular flexibility index (Phi) is 4.59. The zero-order valence-corrected chi connectivity index (χ0v) is 17.5. The van der Waals surface area contributed by atoms with Crippen LogP contribution in [0.5, 0.6) is 0 Å². The molecule has 4 aliphatic carbocycles. The van der Waals surface area contributed by atoms with Gasteiger partial charge in [-0.05, 0) is 106 Å². The summed E-state index contributed by atoms with van der Waals surface area (Å²) in [6.45, 7) is 7.45. The van der Waals surface area contributed by atoms with Gasteiger partial charge >= 0.3 is 0 Å². The lowest BCUT2D eigenvalue weighted by atomic mass is 9.47. The summed E-state index contributed by atoms with van der Waals surface area (Å²) < 4.78 is 0. The number of aliphatic hydroxyl groups excluding tert-OH is 1. The molecular weight excluding hydrogens is 330 g/mol. The first-order valence-electron chi connectivity index (χ1n) is 11.8. The second kappa shape index (κ2) is 6.73. The van der Waals surface area contributed by atoms with Crippen molar-refractivity contribution in [3.05, 3.63) is 23.3 Å². The van der Waals surface area contributed by atoms with Gasteiger partial charge in [-0.3, -0.25) is 0 Å². The predicted octanol–water partition coefficient (Wildman–Crippen LogP) is 5.24. The van der Waals surface area contributed by atoms with Gasteiger partial charge in [-0.25, -0.2) is 0 Å². The van der Waals surface area contributed by atoms with E-state index >= 15 is 0 Å². The highest BCUT2D eigenvalue weighted by atomic mass is 16.3. The second-order valence-electron chi connectivity index (χ2n) is 10.9. The second-order valence-corrected chi connectivity index (χ2v) is 10.9. The Morgan fingerprint density at radius 2 is 1.96 bits per heavy atom. The van der Waals surface area contributed by atoms with E-state index in [1.165, 1.54) is 70.9 Å². The van der Waals surface area contributed by atoms with Crippen molar-refractivity contribution < 1.29 is 5.11 Å². The highest BCUT2D eigenvalue weighted by Crippen LogP contribution is 2.65. The van der Waals surface area contributed by atoms with Crippen molar-refractivity contribution >= 4 is 0 Å². The number of fused-ring (bicyclic) bond motifs is 5. The maximum atomic E-state index is 11.0. The monoisotopic (exact) mass is 369 g/mol. The molecule has 0 amide bonds. The van der Waals surface area contributed by atoms with Gasteiger partial charge in [0, 0.05) is 5.41 Å². The van der Waals surface area contributed by atoms with Crippen molar-refractivity contribution in [2.75, 3.05) is 13.1 Å². The van der Waals surface area contributed by atoms with E-state index in [1.54, 1.807) is 11.1 Å². The molecule has 2 nitrogen and oxygen atoms in total. The first-order valence-corrected chi connectivity index (χ1v) is 11.8. The first kappa shape index (κ1) is 18.4. The Morgan fingerprint density at radius 1 is 1.07 bits per heavy atom. The quantitative estimate of drug-likeness (QED) is 0.653. The standard InChI is InChI=1S/C25H39NO/c1-24-13-12-22-20(10-8-18-6-3-7-23(27)25(18,22)2)21(24)11-9-19(24)15-17-5-4-14-26-16-17/h8-9,17,20-23,26-27H,3-7,10-16H2,1-2H3/t17?,20-,21-,22-,23?,24+,25-/m0/s1. The SMILES string of the molecule is C[C@]12CC[C@H]3[C@@H](CC=C4CCCC(O)[C@@]43C)[C@@H]1CC=C2CC1CCCNC1. The van der Waals surface area contributed by atoms with Crippen LogP contribution in [0.2, 0.25) is 0 Å². The Labute approximate surface area is 165 Å². The number of hydrogen-bond acceptors (Lipinski definition) is 2. The van der Waals surface area contributed by atoms with E-state index in [2.05, 4.69) is 31.3 Å². The molecule has 2 unspecified atom stereocenters. The molecule has 1 aliphatic heterocycles. The van der Waals surface area contributed by atoms with Gasteiger partial charge in [-0.2, -0.15) is 0 Å². The third-order valence-electron chi connectivity index (χ3n) is 9.80. The topological polar surface area (TPSA) is 32.3 Å². The molecule has 0 bridgehead atoms. The molecule has 0 aromatic carbocycles. The van der Waals surface area contributed by atoms with Crippen molar-refractivity contribution in [1.82, 2.24) is 5.32 Å². The van der Waals surface area contributed by atoms with Crippen LogP contribution in [0.15, 0.2) is 23.3 Å². The Hall–Kier alpha value is -0.600. The summed E-state index contributed by atoms with van der Waals surface area (Å²) in [4.78, 5) is 0. The Morgan fingerprint density at radius 3 is 2.78 bits per heavy atom. The molecule has 0 aromatic heterocycles. The molecule has 7 atom stereocenters. The summed E-state index contributed by atoms with van der Waals surface area (Å²) in [6, 6.07) is 0. The van der Waals surface area contributed by atoms with E-state index in [0.717, 1.165) is 24.2 Å². The maximum absolute atomic E-state index is 11.0. The van der Waals surface area contributed by atoms with Crippen LogP contribution in [0, 0.1) is 34.5 Å². The minimum absolute atomic E-state index is 0.0680. The van der Waals surface area contributed by atoms with Crippen LogP contribution in [0.4, 0.5) is 0 Å². The lowest BCUT2D eigenvalue weighted by Crippen LogP contribution is -2.53. The minimum Gasteiger partial charge on any atom is -0.392 e. The minimum atomic E-state index is -0.114. The van der Waals surface area contributed by atoms with Crippen molar-refractivity contribution in [3.63, 3.8) is 0 Å². The number of rotatable bonds is 2. The Balaban J connectivity index is 1.38. The van der Waals surface area contributed by atoms with E-state index in [-0.39, 0.29) is 11.5 Å². The number of nitrogens with one attached hydrogen (secondary N) is 1. The molecule has 2 heteroatoms. The molecule has 2 saturated carbocycles. The summed E-state index contributed by atoms with van der Waals surface area (Å²) in [5.41, 5.74) is 3.90. The third-order valence-corrected chi connectivity index (χ3v) is 9.80. The van der Waals surface area contributed by atoms with Gasteiger partial charge in [-0.1, -0.05) is 37.1 Å². The zero-order chi connectivity index (χ0) is 18.6. The fraction of sp³-hybridized carbons (Fsp3) is 0.840. The number of allylic oxidation sites excluding steroid dienone is 3. The van der Waals surface area contributed by atoms with Gasteiger partial charge in [0.2, 0.25) is 0 Å². The molecule has 0 aromatic rings. The zero-order valence-electron chi connectivity index (χ0n) is 17.5. The molecule has 27 heavy (non-hydrogen) atoms. The normalized spacial score (nSPS) is 49.5. The lowest BCUT2D eigenvalue weighted by molar-refractivity contribution is -0.0782. The van der Waals surface area contributed by atoms with Crippen LogP contribution in [0.1, 0.15) is 78.1 Å². The highest BCUT2D eigenvalue weighted by Gasteiger charge is 2.58. The number of hydrogen-bond donors (Lipinski definition) is 2. The van der Waals surface area contributed by atoms with Gasteiger partial charge < -0.3 is 10.4 Å². The number of aliphatic hydroxyl groups is 1. The molecule has 1 heterocycles. The smallest absolute Gasteiger partial charge is 0.0633 e. The maximum Gasteiger partial charge on any atom is 0.0633 e. The molecule has 2 N–H and O–H groups in total. The molecule has 1 saturated heterocycles. The van der Waals surface area contributed by atoms with Crippen LogP contribution in [-0.2, 0) is 0 Å². The summed E-state index contributed by atoms with van der Waals surface area (Å²) in [7, 11) is 0. The third kappa shape index (κ3) is 2.73. The van der Waals surface area contributed by atoms with Gasteiger partial charge in [0.15, 0.2) is 0 Å². The Bertz CT molecular complexity index is 645. The molecular formula is C25H39NO. The fourth-order valence-electron chi connectivity index (χ4n) is 8.10. The number of piperidine rings is 1. The molecule has 0 radical (unpaired) electrons. The van der Waals surface area contributed by atoms with Crippen molar-refractivity contribution in [3.8, 4) is 0 Å². The summed E-state index contributed by atoms with van der Waals surface area (Å²) in [5.74, 6) is 3.15. The van der Waals surface area contributed by atoms with Crippen LogP contribution in [0.3, 0.4) is 0 Å². The van der Waals surface area contributed by atoms with Gasteiger partial charge in [0.1, 0.15) is 0 Å². The average molecular weight is 370 g/mol. The van der Waals surface area contributed by atoms with E-state index in [4.69, 9.17) is 0 Å². The summed E-state index contributed by atoms with van der Waals surface area (Å²) in [6.07, 6.45) is 17.9. The van der Waals surface area contributed by atoms with Gasteiger partial charge in [0.25, 0.3) is 0 Å². The van der Waals surface area contributed by atoms with Crippen LogP contribution < -0.4 is 5.32 Å². The van der Waals surface area contributed by atoms with Crippen molar-refractivity contribution in [2.45, 2.75) is 84.2 Å². The van der Waals surface area contributed by atoms with Gasteiger partial charge in [0.05, 0.1) is 6.10 Å². The van der Waals surface area contributed by atoms with E-state index in [9.17, 15) is 5.11 Å². The largest absolute Gasteiger partial charge is 0.392 e. The van der Waals surface area contributed by atoms with E-state index in [1.807, 2.05) is 0 Å². The first-order chi connectivity index (χ1) is 13.0. The van der Waals surface area contributed by atoms with Crippen LogP contribution >= 0.6 is 0 Å². The molecule has 5 rings (SSSR count).